The lowest BCUT2D eigenvalue weighted by Gasteiger charge is -2.49. The van der Waals surface area contributed by atoms with E-state index in [1.165, 1.54) is 7.11 Å². The van der Waals surface area contributed by atoms with Crippen molar-refractivity contribution in [1.82, 2.24) is 4.90 Å². The molecule has 0 aliphatic carbocycles. The van der Waals surface area contributed by atoms with E-state index in [9.17, 15) is 14.7 Å². The number of piperidine rings is 1. The maximum atomic E-state index is 13.8. The SMILES string of the molecule is CCC(CO)N1C(=O)[C@H](C(C)C(=O)OC)C[C@H](c2cccc(Cl)c2)[C@H]1c1ccc(Cl)cc1. The van der Waals surface area contributed by atoms with Crippen LogP contribution in [0.3, 0.4) is 0 Å². The molecule has 1 aliphatic rings. The van der Waals surface area contributed by atoms with Crippen molar-refractivity contribution < 1.29 is 19.4 Å². The van der Waals surface area contributed by atoms with E-state index in [0.29, 0.717) is 22.9 Å². The Bertz CT molecular complexity index is 945. The van der Waals surface area contributed by atoms with Crippen LogP contribution in [-0.4, -0.2) is 41.6 Å². The Morgan fingerprint density at radius 2 is 1.84 bits per heavy atom. The molecule has 1 fully saturated rings. The van der Waals surface area contributed by atoms with Crippen LogP contribution in [0.1, 0.15) is 49.8 Å². The first-order chi connectivity index (χ1) is 15.3. The first-order valence-corrected chi connectivity index (χ1v) is 11.6. The Morgan fingerprint density at radius 1 is 1.16 bits per heavy atom. The third-order valence-electron chi connectivity index (χ3n) is 6.50. The van der Waals surface area contributed by atoms with E-state index in [-0.39, 0.29) is 24.5 Å². The second-order valence-corrected chi connectivity index (χ2v) is 9.17. The number of hydrogen-bond acceptors (Lipinski definition) is 4. The van der Waals surface area contributed by atoms with Gasteiger partial charge in [-0.3, -0.25) is 9.59 Å². The summed E-state index contributed by atoms with van der Waals surface area (Å²) in [6.45, 7) is 3.49. The van der Waals surface area contributed by atoms with Crippen LogP contribution >= 0.6 is 23.2 Å². The molecule has 1 N–H and O–H groups in total. The van der Waals surface area contributed by atoms with E-state index in [4.69, 9.17) is 27.9 Å². The fourth-order valence-corrected chi connectivity index (χ4v) is 5.05. The third kappa shape index (κ3) is 4.95. The first kappa shape index (κ1) is 24.6. The molecule has 0 radical (unpaired) electrons. The maximum Gasteiger partial charge on any atom is 0.309 e. The van der Waals surface area contributed by atoms with Crippen LogP contribution in [0.15, 0.2) is 48.5 Å². The molecular formula is C25H29Cl2NO4. The Balaban J connectivity index is 2.19. The molecule has 1 saturated heterocycles. The van der Waals surface area contributed by atoms with E-state index in [0.717, 1.165) is 11.1 Å². The average Bonchev–Trinajstić information content (AvgIpc) is 2.80. The lowest BCUT2D eigenvalue weighted by Crippen LogP contribution is -2.54. The largest absolute Gasteiger partial charge is 0.469 e. The summed E-state index contributed by atoms with van der Waals surface area (Å²) in [7, 11) is 1.33. The molecule has 1 heterocycles. The van der Waals surface area contributed by atoms with Crippen molar-refractivity contribution in [3.8, 4) is 0 Å². The van der Waals surface area contributed by atoms with Crippen LogP contribution < -0.4 is 0 Å². The molecule has 1 aliphatic heterocycles. The van der Waals surface area contributed by atoms with Crippen LogP contribution in [0, 0.1) is 11.8 Å². The van der Waals surface area contributed by atoms with Crippen LogP contribution in [0.5, 0.6) is 0 Å². The van der Waals surface area contributed by atoms with Crippen LogP contribution in [-0.2, 0) is 14.3 Å². The van der Waals surface area contributed by atoms with Crippen molar-refractivity contribution >= 4 is 35.1 Å². The van der Waals surface area contributed by atoms with Gasteiger partial charge < -0.3 is 14.7 Å². The Kier molecular flexibility index (Phi) is 8.21. The number of carbonyl (C=O) groups excluding carboxylic acids is 2. The van der Waals surface area contributed by atoms with E-state index in [1.807, 2.05) is 43.3 Å². The number of amides is 1. The Morgan fingerprint density at radius 3 is 2.41 bits per heavy atom. The number of esters is 1. The van der Waals surface area contributed by atoms with Gasteiger partial charge in [0.2, 0.25) is 5.91 Å². The number of hydrogen-bond donors (Lipinski definition) is 1. The molecule has 5 nitrogen and oxygen atoms in total. The van der Waals surface area contributed by atoms with Gasteiger partial charge in [-0.2, -0.15) is 0 Å². The predicted molar refractivity (Wildman–Crippen MR) is 126 cm³/mol. The molecule has 2 aromatic rings. The second kappa shape index (κ2) is 10.7. The summed E-state index contributed by atoms with van der Waals surface area (Å²) in [6, 6.07) is 14.3. The number of rotatable bonds is 7. The fourth-order valence-electron chi connectivity index (χ4n) is 4.72. The number of ether oxygens (including phenoxy) is 1. The minimum absolute atomic E-state index is 0.134. The summed E-state index contributed by atoms with van der Waals surface area (Å²) < 4.78 is 4.95. The number of aliphatic hydroxyl groups is 1. The van der Waals surface area contributed by atoms with Gasteiger partial charge in [0.25, 0.3) is 0 Å². The first-order valence-electron chi connectivity index (χ1n) is 10.8. The summed E-state index contributed by atoms with van der Waals surface area (Å²) in [5, 5.41) is 11.4. The van der Waals surface area contributed by atoms with Gasteiger partial charge in [0.15, 0.2) is 0 Å². The highest BCUT2D eigenvalue weighted by Crippen LogP contribution is 2.48. The number of likely N-dealkylation sites (tertiary alicyclic amines) is 1. The highest BCUT2D eigenvalue weighted by molar-refractivity contribution is 6.30. The number of nitrogens with zero attached hydrogens (tertiary/aromatic N) is 1. The number of carbonyl (C=O) groups is 2. The van der Waals surface area contributed by atoms with Gasteiger partial charge in [-0.1, -0.05) is 61.3 Å². The van der Waals surface area contributed by atoms with Gasteiger partial charge in [0.1, 0.15) is 0 Å². The van der Waals surface area contributed by atoms with Crippen molar-refractivity contribution in [3.05, 3.63) is 69.7 Å². The van der Waals surface area contributed by atoms with Gasteiger partial charge in [0, 0.05) is 16.0 Å². The van der Waals surface area contributed by atoms with E-state index >= 15 is 0 Å². The zero-order valence-corrected chi connectivity index (χ0v) is 20.0. The normalized spacial score (nSPS) is 23.0. The van der Waals surface area contributed by atoms with Crippen LogP contribution in [0.4, 0.5) is 0 Å². The molecule has 7 heteroatoms. The number of benzene rings is 2. The molecule has 0 aromatic heterocycles. The summed E-state index contributed by atoms with van der Waals surface area (Å²) in [5.41, 5.74) is 1.90. The van der Waals surface area contributed by atoms with Gasteiger partial charge in [-0.25, -0.2) is 0 Å². The average molecular weight is 478 g/mol. The molecular weight excluding hydrogens is 449 g/mol. The smallest absolute Gasteiger partial charge is 0.309 e. The highest BCUT2D eigenvalue weighted by Gasteiger charge is 2.48. The fraction of sp³-hybridized carbons (Fsp3) is 0.440. The molecule has 32 heavy (non-hydrogen) atoms. The molecule has 2 unspecified atom stereocenters. The molecule has 2 aromatic carbocycles. The topological polar surface area (TPSA) is 66.8 Å². The summed E-state index contributed by atoms with van der Waals surface area (Å²) >= 11 is 12.5. The number of aliphatic hydroxyl groups excluding tert-OH is 1. The maximum absolute atomic E-state index is 13.8. The minimum atomic E-state index is -0.612. The van der Waals surface area contributed by atoms with E-state index in [2.05, 4.69) is 0 Å². The summed E-state index contributed by atoms with van der Waals surface area (Å²) in [5.74, 6) is -1.89. The molecule has 3 rings (SSSR count). The molecule has 172 valence electrons. The Labute approximate surface area is 199 Å². The monoisotopic (exact) mass is 477 g/mol. The van der Waals surface area contributed by atoms with E-state index < -0.39 is 23.8 Å². The zero-order valence-electron chi connectivity index (χ0n) is 18.5. The highest BCUT2D eigenvalue weighted by atomic mass is 35.5. The summed E-state index contributed by atoms with van der Waals surface area (Å²) in [6.07, 6.45) is 1.04. The van der Waals surface area contributed by atoms with Crippen molar-refractivity contribution in [2.45, 2.75) is 44.7 Å². The van der Waals surface area contributed by atoms with Gasteiger partial charge >= 0.3 is 5.97 Å². The second-order valence-electron chi connectivity index (χ2n) is 8.30. The van der Waals surface area contributed by atoms with Gasteiger partial charge in [0.05, 0.1) is 37.6 Å². The lowest BCUT2D eigenvalue weighted by atomic mass is 9.71. The molecule has 5 atom stereocenters. The van der Waals surface area contributed by atoms with E-state index in [1.54, 1.807) is 24.0 Å². The predicted octanol–water partition coefficient (Wildman–Crippen LogP) is 5.25. The third-order valence-corrected chi connectivity index (χ3v) is 6.99. The number of halogens is 2. The van der Waals surface area contributed by atoms with Crippen molar-refractivity contribution in [1.29, 1.82) is 0 Å². The van der Waals surface area contributed by atoms with Gasteiger partial charge in [-0.15, -0.1) is 0 Å². The molecule has 0 spiro atoms. The molecule has 1 amide bonds. The molecule has 0 saturated carbocycles. The quantitative estimate of drug-likeness (QED) is 0.553. The van der Waals surface area contributed by atoms with Gasteiger partial charge in [-0.05, 0) is 48.2 Å². The lowest BCUT2D eigenvalue weighted by molar-refractivity contribution is -0.159. The standard InChI is InChI=1S/C25H29Cl2NO4/c1-4-20(14-29)28-23(16-8-10-18(26)11-9-16)22(17-6-5-7-19(27)12-17)13-21(24(28)30)15(2)25(31)32-3/h5-12,15,20-23,29H,4,13-14H2,1-3H3/t15?,20?,21-,22+,23+/m0/s1. The summed E-state index contributed by atoms with van der Waals surface area (Å²) in [4.78, 5) is 27.9. The van der Waals surface area contributed by atoms with Crippen molar-refractivity contribution in [3.63, 3.8) is 0 Å². The van der Waals surface area contributed by atoms with Crippen molar-refractivity contribution in [2.24, 2.45) is 11.8 Å². The van der Waals surface area contributed by atoms with Crippen LogP contribution in [0.2, 0.25) is 10.0 Å². The minimum Gasteiger partial charge on any atom is -0.469 e. The van der Waals surface area contributed by atoms with Crippen LogP contribution in [0.25, 0.3) is 0 Å². The zero-order chi connectivity index (χ0) is 23.4. The van der Waals surface area contributed by atoms with Crippen molar-refractivity contribution in [2.75, 3.05) is 13.7 Å². The molecule has 0 bridgehead atoms. The number of methoxy groups -OCH3 is 1. The Hall–Kier alpha value is -2.08.